The first-order valence-electron chi connectivity index (χ1n) is 5.15. The molecule has 0 bridgehead atoms. The van der Waals surface area contributed by atoms with Gasteiger partial charge in [0.05, 0.1) is 0 Å². The number of Topliss-reactive ketones (excluding diaryl/α,β-unsaturated/α-hetero) is 1. The molecule has 0 aromatic rings. The molecule has 0 radical (unpaired) electrons. The smallest absolute Gasteiger partial charge is 0.167 e. The number of ketones is 1. The van der Waals surface area contributed by atoms with E-state index in [9.17, 15) is 4.79 Å². The van der Waals surface area contributed by atoms with Gasteiger partial charge in [-0.3, -0.25) is 4.79 Å². The van der Waals surface area contributed by atoms with E-state index in [1.165, 1.54) is 0 Å². The van der Waals surface area contributed by atoms with Crippen molar-refractivity contribution in [3.05, 3.63) is 0 Å². The van der Waals surface area contributed by atoms with E-state index in [1.54, 1.807) is 0 Å². The van der Waals surface area contributed by atoms with Crippen molar-refractivity contribution in [2.45, 2.75) is 46.1 Å². The standard InChI is InChI=1S/C11H20O2/c1-8(2)9(3)10(12)11(4)6-5-7-13-11/h8-9H,5-7H2,1-4H3. The summed E-state index contributed by atoms with van der Waals surface area (Å²) in [7, 11) is 0. The number of hydrogen-bond acceptors (Lipinski definition) is 2. The molecule has 0 N–H and O–H groups in total. The third kappa shape index (κ3) is 2.11. The first-order chi connectivity index (χ1) is 5.97. The van der Waals surface area contributed by atoms with Gasteiger partial charge in [0.1, 0.15) is 5.60 Å². The normalized spacial score (nSPS) is 30.8. The lowest BCUT2D eigenvalue weighted by Crippen LogP contribution is -2.39. The van der Waals surface area contributed by atoms with Crippen LogP contribution in [0.1, 0.15) is 40.5 Å². The summed E-state index contributed by atoms with van der Waals surface area (Å²) in [6.07, 6.45) is 1.91. The molecule has 76 valence electrons. The Hall–Kier alpha value is -0.370. The Balaban J connectivity index is 2.65. The largest absolute Gasteiger partial charge is 0.367 e. The third-order valence-corrected chi connectivity index (χ3v) is 3.15. The maximum atomic E-state index is 12.0. The van der Waals surface area contributed by atoms with Crippen molar-refractivity contribution in [2.75, 3.05) is 6.61 Å². The molecule has 0 aromatic heterocycles. The lowest BCUT2D eigenvalue weighted by Gasteiger charge is -2.26. The molecule has 0 spiro atoms. The molecular formula is C11H20O2. The van der Waals surface area contributed by atoms with Gasteiger partial charge in [0.15, 0.2) is 5.78 Å². The summed E-state index contributed by atoms with van der Waals surface area (Å²) < 4.78 is 5.52. The average Bonchev–Trinajstić information content (AvgIpc) is 2.50. The zero-order chi connectivity index (χ0) is 10.1. The second-order valence-electron chi connectivity index (χ2n) is 4.58. The minimum absolute atomic E-state index is 0.114. The Bertz CT molecular complexity index is 190. The highest BCUT2D eigenvalue weighted by atomic mass is 16.5. The van der Waals surface area contributed by atoms with Gasteiger partial charge in [-0.2, -0.15) is 0 Å². The molecule has 2 nitrogen and oxygen atoms in total. The Morgan fingerprint density at radius 2 is 2.00 bits per heavy atom. The van der Waals surface area contributed by atoms with E-state index in [4.69, 9.17) is 4.74 Å². The summed E-state index contributed by atoms with van der Waals surface area (Å²) in [6, 6.07) is 0. The monoisotopic (exact) mass is 184 g/mol. The van der Waals surface area contributed by atoms with E-state index in [0.717, 1.165) is 19.4 Å². The molecule has 13 heavy (non-hydrogen) atoms. The van der Waals surface area contributed by atoms with E-state index < -0.39 is 5.60 Å². The highest BCUT2D eigenvalue weighted by Crippen LogP contribution is 2.30. The van der Waals surface area contributed by atoms with Crippen LogP contribution >= 0.6 is 0 Å². The van der Waals surface area contributed by atoms with Crippen LogP contribution < -0.4 is 0 Å². The summed E-state index contributed by atoms with van der Waals surface area (Å²) >= 11 is 0. The molecule has 1 heterocycles. The van der Waals surface area contributed by atoms with E-state index in [1.807, 2.05) is 13.8 Å². The number of rotatable bonds is 3. The Labute approximate surface area is 80.7 Å². The van der Waals surface area contributed by atoms with Crippen molar-refractivity contribution in [2.24, 2.45) is 11.8 Å². The van der Waals surface area contributed by atoms with Crippen LogP contribution in [0.15, 0.2) is 0 Å². The minimum Gasteiger partial charge on any atom is -0.367 e. The molecule has 1 saturated heterocycles. The molecule has 1 rings (SSSR count). The van der Waals surface area contributed by atoms with E-state index >= 15 is 0 Å². The fourth-order valence-corrected chi connectivity index (χ4v) is 1.76. The summed E-state index contributed by atoms with van der Waals surface area (Å²) in [6.45, 7) is 8.84. The van der Waals surface area contributed by atoms with Gasteiger partial charge in [-0.05, 0) is 25.7 Å². The van der Waals surface area contributed by atoms with Gasteiger partial charge >= 0.3 is 0 Å². The van der Waals surface area contributed by atoms with Gasteiger partial charge in [-0.15, -0.1) is 0 Å². The zero-order valence-corrected chi connectivity index (χ0v) is 9.09. The van der Waals surface area contributed by atoms with Gasteiger partial charge in [0.2, 0.25) is 0 Å². The van der Waals surface area contributed by atoms with Crippen LogP contribution in [0.4, 0.5) is 0 Å². The topological polar surface area (TPSA) is 26.3 Å². The predicted molar refractivity (Wildman–Crippen MR) is 52.6 cm³/mol. The van der Waals surface area contributed by atoms with E-state index in [2.05, 4.69) is 13.8 Å². The van der Waals surface area contributed by atoms with Gasteiger partial charge in [0, 0.05) is 12.5 Å². The average molecular weight is 184 g/mol. The second kappa shape index (κ2) is 3.79. The molecule has 0 saturated carbocycles. The predicted octanol–water partition coefficient (Wildman–Crippen LogP) is 2.42. The molecule has 2 atom stereocenters. The zero-order valence-electron chi connectivity index (χ0n) is 9.09. The second-order valence-corrected chi connectivity index (χ2v) is 4.58. The lowest BCUT2D eigenvalue weighted by atomic mass is 9.83. The fraction of sp³-hybridized carbons (Fsp3) is 0.909. The number of carbonyl (C=O) groups excluding carboxylic acids is 1. The van der Waals surface area contributed by atoms with Crippen LogP contribution in [-0.4, -0.2) is 18.0 Å². The molecule has 0 amide bonds. The Kier molecular flexibility index (Phi) is 3.12. The minimum atomic E-state index is -0.482. The summed E-state index contributed by atoms with van der Waals surface area (Å²) in [5, 5.41) is 0. The molecule has 2 heteroatoms. The third-order valence-electron chi connectivity index (χ3n) is 3.15. The van der Waals surface area contributed by atoms with Crippen molar-refractivity contribution in [1.29, 1.82) is 0 Å². The van der Waals surface area contributed by atoms with Crippen LogP contribution in [0, 0.1) is 11.8 Å². The fourth-order valence-electron chi connectivity index (χ4n) is 1.76. The molecule has 1 fully saturated rings. The molecule has 1 aliphatic rings. The van der Waals surface area contributed by atoms with Crippen LogP contribution in [0.3, 0.4) is 0 Å². The highest BCUT2D eigenvalue weighted by Gasteiger charge is 2.40. The lowest BCUT2D eigenvalue weighted by molar-refractivity contribution is -0.142. The Morgan fingerprint density at radius 1 is 1.38 bits per heavy atom. The number of ether oxygens (including phenoxy) is 1. The molecule has 0 aliphatic carbocycles. The van der Waals surface area contributed by atoms with Crippen LogP contribution in [0.25, 0.3) is 0 Å². The number of carbonyl (C=O) groups is 1. The van der Waals surface area contributed by atoms with Crippen molar-refractivity contribution < 1.29 is 9.53 Å². The maximum Gasteiger partial charge on any atom is 0.167 e. The highest BCUT2D eigenvalue weighted by molar-refractivity contribution is 5.89. The van der Waals surface area contributed by atoms with Crippen LogP contribution in [0.2, 0.25) is 0 Å². The SMILES string of the molecule is CC(C)C(C)C(=O)C1(C)CCCO1. The van der Waals surface area contributed by atoms with Gasteiger partial charge < -0.3 is 4.74 Å². The van der Waals surface area contributed by atoms with Crippen molar-refractivity contribution in [1.82, 2.24) is 0 Å². The first-order valence-corrected chi connectivity index (χ1v) is 5.15. The van der Waals surface area contributed by atoms with Crippen molar-refractivity contribution in [3.8, 4) is 0 Å². The van der Waals surface area contributed by atoms with E-state index in [0.29, 0.717) is 5.92 Å². The summed E-state index contributed by atoms with van der Waals surface area (Å²) in [5.41, 5.74) is -0.482. The quantitative estimate of drug-likeness (QED) is 0.673. The van der Waals surface area contributed by atoms with E-state index in [-0.39, 0.29) is 11.7 Å². The molecule has 1 aliphatic heterocycles. The molecular weight excluding hydrogens is 164 g/mol. The summed E-state index contributed by atoms with van der Waals surface area (Å²) in [5.74, 6) is 0.802. The molecule has 2 unspecified atom stereocenters. The van der Waals surface area contributed by atoms with Crippen molar-refractivity contribution >= 4 is 5.78 Å². The first kappa shape index (κ1) is 10.7. The maximum absolute atomic E-state index is 12.0. The van der Waals surface area contributed by atoms with Gasteiger partial charge in [-0.1, -0.05) is 20.8 Å². The van der Waals surface area contributed by atoms with Crippen LogP contribution in [-0.2, 0) is 9.53 Å². The number of hydrogen-bond donors (Lipinski definition) is 0. The van der Waals surface area contributed by atoms with Crippen molar-refractivity contribution in [3.63, 3.8) is 0 Å². The Morgan fingerprint density at radius 3 is 2.38 bits per heavy atom. The van der Waals surface area contributed by atoms with Crippen LogP contribution in [0.5, 0.6) is 0 Å². The van der Waals surface area contributed by atoms with Gasteiger partial charge in [-0.25, -0.2) is 0 Å². The summed E-state index contributed by atoms with van der Waals surface area (Å²) in [4.78, 5) is 12.0. The molecule has 0 aromatic carbocycles. The van der Waals surface area contributed by atoms with Gasteiger partial charge in [0.25, 0.3) is 0 Å².